The number of methoxy groups -OCH3 is 1. The number of carbonyl (C=O) groups is 1. The predicted octanol–water partition coefficient (Wildman–Crippen LogP) is 3.84. The number of ether oxygens (including phenoxy) is 1. The summed E-state index contributed by atoms with van der Waals surface area (Å²) < 4.78 is 39.3. The highest BCUT2D eigenvalue weighted by Gasteiger charge is 2.23. The molecular formula is C25H23F2N5O3. The summed E-state index contributed by atoms with van der Waals surface area (Å²) in [4.78, 5) is 21.3. The van der Waals surface area contributed by atoms with Crippen molar-refractivity contribution in [1.29, 1.82) is 0 Å². The number of hydrogen-bond donors (Lipinski definition) is 0. The summed E-state index contributed by atoms with van der Waals surface area (Å²) in [7, 11) is 1.39. The van der Waals surface area contributed by atoms with Crippen molar-refractivity contribution in [3.63, 3.8) is 0 Å². The van der Waals surface area contributed by atoms with Gasteiger partial charge in [0.2, 0.25) is 11.7 Å². The van der Waals surface area contributed by atoms with Gasteiger partial charge >= 0.3 is 0 Å². The zero-order valence-electron chi connectivity index (χ0n) is 19.0. The van der Waals surface area contributed by atoms with Crippen LogP contribution >= 0.6 is 0 Å². The molecule has 8 nitrogen and oxygen atoms in total. The predicted molar refractivity (Wildman–Crippen MR) is 125 cm³/mol. The second-order valence-electron chi connectivity index (χ2n) is 8.14. The lowest BCUT2D eigenvalue weighted by Gasteiger charge is -2.36. The number of rotatable bonds is 6. The summed E-state index contributed by atoms with van der Waals surface area (Å²) in [6, 6.07) is 14.4. The summed E-state index contributed by atoms with van der Waals surface area (Å²) in [5, 5.41) is 3.96. The first kappa shape index (κ1) is 22.6. The Morgan fingerprint density at radius 2 is 1.83 bits per heavy atom. The largest absolute Gasteiger partial charge is 0.494 e. The molecule has 4 aromatic rings. The number of anilines is 1. The number of nitrogens with zero attached hydrogens (tertiary/aromatic N) is 5. The van der Waals surface area contributed by atoms with E-state index in [4.69, 9.17) is 9.26 Å². The molecule has 1 saturated heterocycles. The van der Waals surface area contributed by atoms with Crippen molar-refractivity contribution in [2.24, 2.45) is 0 Å². The molecule has 1 amide bonds. The Balaban J connectivity index is 1.24. The lowest BCUT2D eigenvalue weighted by molar-refractivity contribution is -0.132. The molecule has 0 saturated carbocycles. The van der Waals surface area contributed by atoms with E-state index in [9.17, 15) is 13.6 Å². The molecule has 180 valence electrons. The maximum Gasteiger partial charge on any atom is 0.274 e. The number of benzene rings is 2. The molecule has 0 spiro atoms. The summed E-state index contributed by atoms with van der Waals surface area (Å²) in [5.74, 6) is -0.228. The van der Waals surface area contributed by atoms with Crippen molar-refractivity contribution in [1.82, 2.24) is 19.6 Å². The first-order valence-electron chi connectivity index (χ1n) is 11.1. The maximum absolute atomic E-state index is 14.1. The third-order valence-corrected chi connectivity index (χ3v) is 6.01. The van der Waals surface area contributed by atoms with Crippen LogP contribution in [0.25, 0.3) is 23.0 Å². The normalized spacial score (nSPS) is 13.8. The number of halogens is 2. The smallest absolute Gasteiger partial charge is 0.274 e. The monoisotopic (exact) mass is 479 g/mol. The molecule has 0 atom stereocenters. The molecule has 35 heavy (non-hydrogen) atoms. The van der Waals surface area contributed by atoms with E-state index in [0.29, 0.717) is 37.4 Å². The second kappa shape index (κ2) is 9.57. The van der Waals surface area contributed by atoms with Gasteiger partial charge in [0.1, 0.15) is 18.1 Å². The van der Waals surface area contributed by atoms with Gasteiger partial charge in [0.05, 0.1) is 7.11 Å². The molecule has 3 heterocycles. The molecule has 2 aromatic carbocycles. The van der Waals surface area contributed by atoms with Gasteiger partial charge in [-0.05, 0) is 54.6 Å². The summed E-state index contributed by atoms with van der Waals surface area (Å²) in [6.45, 7) is 2.59. The first-order chi connectivity index (χ1) is 17.0. The fraction of sp³-hybridized carbons (Fsp3) is 0.240. The van der Waals surface area contributed by atoms with Crippen LogP contribution in [0.5, 0.6) is 5.75 Å². The molecule has 10 heteroatoms. The number of aromatic nitrogens is 3. The minimum atomic E-state index is -0.523. The van der Waals surface area contributed by atoms with Crippen LogP contribution in [0.4, 0.5) is 14.5 Å². The molecule has 1 fully saturated rings. The van der Waals surface area contributed by atoms with Crippen LogP contribution in [-0.4, -0.2) is 58.8 Å². The quantitative estimate of drug-likeness (QED) is 0.418. The van der Waals surface area contributed by atoms with Crippen molar-refractivity contribution in [3.05, 3.63) is 72.4 Å². The van der Waals surface area contributed by atoms with Crippen LogP contribution < -0.4 is 9.64 Å². The van der Waals surface area contributed by atoms with Gasteiger partial charge < -0.3 is 23.6 Å². The van der Waals surface area contributed by atoms with Gasteiger partial charge in [0.15, 0.2) is 11.6 Å². The molecule has 0 radical (unpaired) electrons. The van der Waals surface area contributed by atoms with Crippen LogP contribution in [0.2, 0.25) is 0 Å². The lowest BCUT2D eigenvalue weighted by Crippen LogP contribution is -2.49. The van der Waals surface area contributed by atoms with Crippen LogP contribution in [-0.2, 0) is 11.3 Å². The maximum atomic E-state index is 14.1. The zero-order valence-corrected chi connectivity index (χ0v) is 19.0. The van der Waals surface area contributed by atoms with Crippen LogP contribution in [0, 0.1) is 11.6 Å². The third-order valence-electron chi connectivity index (χ3n) is 6.01. The lowest BCUT2D eigenvalue weighted by atomic mass is 10.2. The molecule has 2 aromatic heterocycles. The van der Waals surface area contributed by atoms with Crippen molar-refractivity contribution in [3.8, 4) is 28.7 Å². The Morgan fingerprint density at radius 3 is 2.54 bits per heavy atom. The number of piperazine rings is 1. The summed E-state index contributed by atoms with van der Waals surface area (Å²) in [5.41, 5.74) is 1.98. The average molecular weight is 479 g/mol. The SMILES string of the molecule is COc1ccc(-c2noc(-c3cccn3CC(=O)N3CCN(c4ccc(F)cc4)CC3)n2)cc1F. The van der Waals surface area contributed by atoms with Gasteiger partial charge in [-0.1, -0.05) is 5.16 Å². The fourth-order valence-corrected chi connectivity index (χ4v) is 4.11. The van der Waals surface area contributed by atoms with E-state index < -0.39 is 5.82 Å². The summed E-state index contributed by atoms with van der Waals surface area (Å²) >= 11 is 0. The van der Waals surface area contributed by atoms with Crippen LogP contribution in [0.1, 0.15) is 0 Å². The van der Waals surface area contributed by atoms with Gasteiger partial charge in [-0.2, -0.15) is 4.98 Å². The number of carbonyl (C=O) groups excluding carboxylic acids is 1. The molecule has 1 aliphatic heterocycles. The molecule has 0 unspecified atom stereocenters. The Bertz CT molecular complexity index is 1330. The Morgan fingerprint density at radius 1 is 1.06 bits per heavy atom. The van der Waals surface area contributed by atoms with Crippen LogP contribution in [0.15, 0.2) is 65.3 Å². The molecule has 1 aliphatic rings. The molecule has 5 rings (SSSR count). The van der Waals surface area contributed by atoms with Crippen molar-refractivity contribution in [2.75, 3.05) is 38.2 Å². The van der Waals surface area contributed by atoms with Gasteiger partial charge in [0.25, 0.3) is 5.89 Å². The van der Waals surface area contributed by atoms with Gasteiger partial charge in [-0.25, -0.2) is 8.78 Å². The van der Waals surface area contributed by atoms with E-state index in [1.54, 1.807) is 41.1 Å². The van der Waals surface area contributed by atoms with Crippen LogP contribution in [0.3, 0.4) is 0 Å². The Kier molecular flexibility index (Phi) is 6.17. The molecule has 0 N–H and O–H groups in total. The van der Waals surface area contributed by atoms with E-state index in [1.807, 2.05) is 4.90 Å². The standard InChI is InChI=1S/C25H23F2N5O3/c1-34-22-9-4-17(15-20(22)27)24-28-25(35-29-24)21-3-2-10-32(21)16-23(33)31-13-11-30(12-14-31)19-7-5-18(26)6-8-19/h2-10,15H,11-14,16H2,1H3. The van der Waals surface area contributed by atoms with Gasteiger partial charge in [-0.3, -0.25) is 4.79 Å². The molecule has 0 aliphatic carbocycles. The number of amides is 1. The third kappa shape index (κ3) is 4.72. The van der Waals surface area contributed by atoms with E-state index in [1.165, 1.54) is 31.4 Å². The summed E-state index contributed by atoms with van der Waals surface area (Å²) in [6.07, 6.45) is 1.78. The van der Waals surface area contributed by atoms with Crippen molar-refractivity contribution < 1.29 is 22.8 Å². The highest BCUT2D eigenvalue weighted by atomic mass is 19.1. The average Bonchev–Trinajstić information content (AvgIpc) is 3.54. The molecular weight excluding hydrogens is 456 g/mol. The van der Waals surface area contributed by atoms with Crippen molar-refractivity contribution >= 4 is 11.6 Å². The minimum absolute atomic E-state index is 0.0295. The molecule has 0 bridgehead atoms. The first-order valence-corrected chi connectivity index (χ1v) is 11.1. The highest BCUT2D eigenvalue weighted by Crippen LogP contribution is 2.26. The second-order valence-corrected chi connectivity index (χ2v) is 8.14. The van der Waals surface area contributed by atoms with Gasteiger partial charge in [0, 0.05) is 43.6 Å². The highest BCUT2D eigenvalue weighted by molar-refractivity contribution is 5.77. The Hall–Kier alpha value is -4.21. The van der Waals surface area contributed by atoms with E-state index in [-0.39, 0.29) is 35.7 Å². The van der Waals surface area contributed by atoms with E-state index in [2.05, 4.69) is 15.0 Å². The van der Waals surface area contributed by atoms with E-state index in [0.717, 1.165) is 5.69 Å². The fourth-order valence-electron chi connectivity index (χ4n) is 4.11. The van der Waals surface area contributed by atoms with Crippen molar-refractivity contribution in [2.45, 2.75) is 6.54 Å². The zero-order chi connectivity index (χ0) is 24.4. The topological polar surface area (TPSA) is 76.6 Å². The van der Waals surface area contributed by atoms with E-state index >= 15 is 0 Å². The Labute approximate surface area is 200 Å². The minimum Gasteiger partial charge on any atom is -0.494 e. The van der Waals surface area contributed by atoms with Gasteiger partial charge in [-0.15, -0.1) is 0 Å². The number of hydrogen-bond acceptors (Lipinski definition) is 6.